The zero-order valence-corrected chi connectivity index (χ0v) is 17.1. The molecule has 2 N–H and O–H groups in total. The number of hydrogen-bond donors (Lipinski definition) is 2. The van der Waals surface area contributed by atoms with Crippen LogP contribution in [0.3, 0.4) is 0 Å². The molecule has 2 amide bonds. The number of rotatable bonds is 4. The Balaban J connectivity index is 0.00000261. The van der Waals surface area contributed by atoms with Gasteiger partial charge in [-0.15, -0.1) is 12.4 Å². The van der Waals surface area contributed by atoms with Gasteiger partial charge in [0.15, 0.2) is 0 Å². The summed E-state index contributed by atoms with van der Waals surface area (Å²) in [6.45, 7) is 8.87. The molecular weight excluding hydrogens is 364 g/mol. The predicted molar refractivity (Wildman–Crippen MR) is 109 cm³/mol. The molecule has 1 atom stereocenters. The van der Waals surface area contributed by atoms with Crippen LogP contribution in [-0.4, -0.2) is 73.0 Å². The smallest absolute Gasteiger partial charge is 0.251 e. The zero-order chi connectivity index (χ0) is 18.5. The SMILES string of the molecule is Cc1ccccc1C(=O)NC1CCN(C(=O)CN2CCNC[C@H]2C)CC1.Cl. The van der Waals surface area contributed by atoms with Crippen molar-refractivity contribution in [1.82, 2.24) is 20.4 Å². The fourth-order valence-corrected chi connectivity index (χ4v) is 3.76. The number of aryl methyl sites for hydroxylation is 1. The third kappa shape index (κ3) is 5.67. The first kappa shape index (κ1) is 21.7. The normalized spacial score (nSPS) is 21.4. The molecule has 0 spiro atoms. The number of nitrogens with zero attached hydrogens (tertiary/aromatic N) is 2. The minimum absolute atomic E-state index is 0. The van der Waals surface area contributed by atoms with Crippen molar-refractivity contribution < 1.29 is 9.59 Å². The Labute approximate surface area is 168 Å². The van der Waals surface area contributed by atoms with Gasteiger partial charge in [0.25, 0.3) is 5.91 Å². The topological polar surface area (TPSA) is 64.7 Å². The van der Waals surface area contributed by atoms with Gasteiger partial charge in [-0.1, -0.05) is 18.2 Å². The lowest BCUT2D eigenvalue weighted by atomic mass is 10.0. The van der Waals surface area contributed by atoms with Crippen molar-refractivity contribution in [3.63, 3.8) is 0 Å². The standard InChI is InChI=1S/C20H30N4O2.ClH/c1-15-5-3-4-6-18(15)20(26)22-17-7-10-23(11-8-17)19(25)14-24-12-9-21-13-16(24)2;/h3-6,16-17,21H,7-14H2,1-2H3,(H,22,26);1H/t16-;/m1./s1. The molecule has 2 fully saturated rings. The molecule has 0 aromatic heterocycles. The van der Waals surface area contributed by atoms with Gasteiger partial charge in [0, 0.05) is 50.4 Å². The van der Waals surface area contributed by atoms with Crippen LogP contribution in [0.2, 0.25) is 0 Å². The zero-order valence-electron chi connectivity index (χ0n) is 16.2. The van der Waals surface area contributed by atoms with Gasteiger partial charge >= 0.3 is 0 Å². The van der Waals surface area contributed by atoms with Crippen LogP contribution in [0.5, 0.6) is 0 Å². The maximum atomic E-state index is 12.6. The fourth-order valence-electron chi connectivity index (χ4n) is 3.76. The molecule has 3 rings (SSSR count). The number of nitrogens with one attached hydrogen (secondary N) is 2. The molecule has 0 radical (unpaired) electrons. The lowest BCUT2D eigenvalue weighted by Crippen LogP contribution is -2.54. The van der Waals surface area contributed by atoms with Gasteiger partial charge in [-0.25, -0.2) is 0 Å². The number of amides is 2. The number of hydrogen-bond acceptors (Lipinski definition) is 4. The van der Waals surface area contributed by atoms with Crippen molar-refractivity contribution in [3.05, 3.63) is 35.4 Å². The van der Waals surface area contributed by atoms with E-state index < -0.39 is 0 Å². The maximum absolute atomic E-state index is 12.6. The molecule has 0 aliphatic carbocycles. The molecule has 2 aliphatic rings. The van der Waals surface area contributed by atoms with Crippen LogP contribution in [-0.2, 0) is 4.79 Å². The molecule has 6 nitrogen and oxygen atoms in total. The summed E-state index contributed by atoms with van der Waals surface area (Å²) < 4.78 is 0. The third-order valence-electron chi connectivity index (χ3n) is 5.55. The highest BCUT2D eigenvalue weighted by Gasteiger charge is 2.27. The lowest BCUT2D eigenvalue weighted by molar-refractivity contribution is -0.134. The highest BCUT2D eigenvalue weighted by molar-refractivity contribution is 5.95. The molecule has 0 bridgehead atoms. The van der Waals surface area contributed by atoms with Gasteiger partial charge in [0.2, 0.25) is 5.91 Å². The quantitative estimate of drug-likeness (QED) is 0.810. The average Bonchev–Trinajstić information content (AvgIpc) is 2.64. The number of halogens is 1. The van der Waals surface area contributed by atoms with Gasteiger partial charge in [-0.2, -0.15) is 0 Å². The first-order chi connectivity index (χ1) is 12.5. The average molecular weight is 395 g/mol. The van der Waals surface area contributed by atoms with Crippen molar-refractivity contribution in [2.45, 2.75) is 38.8 Å². The van der Waals surface area contributed by atoms with Gasteiger partial charge < -0.3 is 15.5 Å². The molecule has 0 saturated carbocycles. The van der Waals surface area contributed by atoms with E-state index in [2.05, 4.69) is 22.5 Å². The van der Waals surface area contributed by atoms with Crippen LogP contribution in [0.25, 0.3) is 0 Å². The number of carbonyl (C=O) groups is 2. The minimum atomic E-state index is -0.0116. The Kier molecular flexibility index (Phi) is 8.07. The van der Waals surface area contributed by atoms with E-state index >= 15 is 0 Å². The van der Waals surface area contributed by atoms with E-state index in [1.165, 1.54) is 0 Å². The van der Waals surface area contributed by atoms with Crippen LogP contribution in [0, 0.1) is 6.92 Å². The first-order valence-electron chi connectivity index (χ1n) is 9.63. The van der Waals surface area contributed by atoms with Crippen molar-refractivity contribution in [2.24, 2.45) is 0 Å². The highest BCUT2D eigenvalue weighted by atomic mass is 35.5. The summed E-state index contributed by atoms with van der Waals surface area (Å²) >= 11 is 0. The van der Waals surface area contributed by atoms with E-state index in [0.29, 0.717) is 12.6 Å². The van der Waals surface area contributed by atoms with Crippen LogP contribution < -0.4 is 10.6 Å². The lowest BCUT2D eigenvalue weighted by Gasteiger charge is -2.37. The summed E-state index contributed by atoms with van der Waals surface area (Å²) in [5.74, 6) is 0.199. The summed E-state index contributed by atoms with van der Waals surface area (Å²) in [5.41, 5.74) is 1.72. The Morgan fingerprint density at radius 1 is 1.19 bits per heavy atom. The second-order valence-electron chi connectivity index (χ2n) is 7.47. The Bertz CT molecular complexity index is 647. The van der Waals surface area contributed by atoms with Crippen molar-refractivity contribution in [3.8, 4) is 0 Å². The van der Waals surface area contributed by atoms with Crippen LogP contribution in [0.4, 0.5) is 0 Å². The molecule has 2 heterocycles. The fraction of sp³-hybridized carbons (Fsp3) is 0.600. The van der Waals surface area contributed by atoms with E-state index in [1.54, 1.807) is 0 Å². The molecule has 7 heteroatoms. The van der Waals surface area contributed by atoms with E-state index in [4.69, 9.17) is 0 Å². The first-order valence-corrected chi connectivity index (χ1v) is 9.63. The third-order valence-corrected chi connectivity index (χ3v) is 5.55. The van der Waals surface area contributed by atoms with Crippen molar-refractivity contribution in [1.29, 1.82) is 0 Å². The van der Waals surface area contributed by atoms with Gasteiger partial charge in [-0.05, 0) is 38.3 Å². The molecule has 1 aromatic carbocycles. The molecule has 150 valence electrons. The molecular formula is C20H31ClN4O2. The molecule has 2 saturated heterocycles. The Hall–Kier alpha value is -1.63. The van der Waals surface area contributed by atoms with Crippen LogP contribution in [0.15, 0.2) is 24.3 Å². The predicted octanol–water partition coefficient (Wildman–Crippen LogP) is 1.43. The van der Waals surface area contributed by atoms with E-state index in [9.17, 15) is 9.59 Å². The monoisotopic (exact) mass is 394 g/mol. The number of piperazine rings is 1. The maximum Gasteiger partial charge on any atom is 0.251 e. The van der Waals surface area contributed by atoms with E-state index in [1.807, 2.05) is 36.1 Å². The number of carbonyl (C=O) groups excluding carboxylic acids is 2. The molecule has 1 aromatic rings. The molecule has 27 heavy (non-hydrogen) atoms. The van der Waals surface area contributed by atoms with Crippen LogP contribution in [0.1, 0.15) is 35.7 Å². The second-order valence-corrected chi connectivity index (χ2v) is 7.47. The Morgan fingerprint density at radius 2 is 1.89 bits per heavy atom. The summed E-state index contributed by atoms with van der Waals surface area (Å²) in [6.07, 6.45) is 1.64. The molecule has 0 unspecified atom stereocenters. The van der Waals surface area contributed by atoms with Gasteiger partial charge in [0.05, 0.1) is 6.54 Å². The summed E-state index contributed by atoms with van der Waals surface area (Å²) in [6, 6.07) is 8.18. The molecule has 2 aliphatic heterocycles. The highest BCUT2D eigenvalue weighted by Crippen LogP contribution is 2.14. The Morgan fingerprint density at radius 3 is 2.56 bits per heavy atom. The summed E-state index contributed by atoms with van der Waals surface area (Å²) in [4.78, 5) is 29.2. The minimum Gasteiger partial charge on any atom is -0.349 e. The number of likely N-dealkylation sites (tertiary alicyclic amines) is 1. The van der Waals surface area contributed by atoms with Crippen LogP contribution >= 0.6 is 12.4 Å². The van der Waals surface area contributed by atoms with E-state index in [0.717, 1.165) is 56.7 Å². The second kappa shape index (κ2) is 10.1. The van der Waals surface area contributed by atoms with Crippen molar-refractivity contribution in [2.75, 3.05) is 39.3 Å². The van der Waals surface area contributed by atoms with Gasteiger partial charge in [0.1, 0.15) is 0 Å². The number of benzene rings is 1. The largest absolute Gasteiger partial charge is 0.349 e. The van der Waals surface area contributed by atoms with Crippen molar-refractivity contribution >= 4 is 24.2 Å². The number of piperidine rings is 1. The summed E-state index contributed by atoms with van der Waals surface area (Å²) in [5, 5.41) is 6.48. The summed E-state index contributed by atoms with van der Waals surface area (Å²) in [7, 11) is 0. The van der Waals surface area contributed by atoms with Gasteiger partial charge in [-0.3, -0.25) is 14.5 Å². The van der Waals surface area contributed by atoms with E-state index in [-0.39, 0.29) is 30.3 Å².